The van der Waals surface area contributed by atoms with Crippen LogP contribution < -0.4 is 14.8 Å². The van der Waals surface area contributed by atoms with Gasteiger partial charge < -0.3 is 10.1 Å². The number of hydrogen-bond donors (Lipinski definition) is 2. The van der Waals surface area contributed by atoms with Crippen LogP contribution in [0.25, 0.3) is 0 Å². The standard InChI is InChI=1S/C19H23BrN2O4S/c1-4-14(3)22-27(24,25)16-8-6-15(7-9-16)21-19(23)12-26-18-10-5-13(2)11-17(18)20/h5-11,14,22H,4,12H2,1-3H3,(H,21,23). The third-order valence-electron chi connectivity index (χ3n) is 3.86. The first kappa shape index (κ1) is 21.4. The molecule has 0 radical (unpaired) electrons. The fraction of sp³-hybridized carbons (Fsp3) is 0.316. The van der Waals surface area contributed by atoms with E-state index in [1.165, 1.54) is 12.1 Å². The third kappa shape index (κ3) is 6.34. The summed E-state index contributed by atoms with van der Waals surface area (Å²) in [4.78, 5) is 12.2. The summed E-state index contributed by atoms with van der Waals surface area (Å²) in [5.74, 6) is 0.240. The van der Waals surface area contributed by atoms with Crippen LogP contribution in [0, 0.1) is 6.92 Å². The van der Waals surface area contributed by atoms with Crippen molar-refractivity contribution in [2.75, 3.05) is 11.9 Å². The SMILES string of the molecule is CCC(C)NS(=O)(=O)c1ccc(NC(=O)COc2ccc(C)cc2Br)cc1. The molecule has 1 amide bonds. The Kier molecular flexibility index (Phi) is 7.41. The maximum absolute atomic E-state index is 12.2. The van der Waals surface area contributed by atoms with Crippen LogP contribution in [0.2, 0.25) is 0 Å². The second kappa shape index (κ2) is 9.34. The van der Waals surface area contributed by atoms with Crippen molar-refractivity contribution in [3.05, 3.63) is 52.5 Å². The summed E-state index contributed by atoms with van der Waals surface area (Å²) < 4.78 is 33.3. The van der Waals surface area contributed by atoms with Crippen LogP contribution in [0.4, 0.5) is 5.69 Å². The van der Waals surface area contributed by atoms with Crippen LogP contribution >= 0.6 is 15.9 Å². The molecule has 2 rings (SSSR count). The average Bonchev–Trinajstić information content (AvgIpc) is 2.61. The molecule has 0 aliphatic heterocycles. The Morgan fingerprint density at radius 2 is 1.85 bits per heavy atom. The summed E-state index contributed by atoms with van der Waals surface area (Å²) >= 11 is 3.39. The summed E-state index contributed by atoms with van der Waals surface area (Å²) in [6.07, 6.45) is 0.699. The van der Waals surface area contributed by atoms with Gasteiger partial charge in [-0.05, 0) is 78.2 Å². The number of nitrogens with one attached hydrogen (secondary N) is 2. The van der Waals surface area contributed by atoms with E-state index in [0.717, 1.165) is 10.0 Å². The van der Waals surface area contributed by atoms with Crippen LogP contribution in [-0.4, -0.2) is 27.0 Å². The topological polar surface area (TPSA) is 84.5 Å². The van der Waals surface area contributed by atoms with E-state index in [-0.39, 0.29) is 23.5 Å². The van der Waals surface area contributed by atoms with Gasteiger partial charge in [0.25, 0.3) is 5.91 Å². The maximum atomic E-state index is 12.2. The first-order valence-electron chi connectivity index (χ1n) is 8.52. The van der Waals surface area contributed by atoms with E-state index in [1.54, 1.807) is 25.1 Å². The van der Waals surface area contributed by atoms with Crippen LogP contribution in [0.5, 0.6) is 5.75 Å². The predicted molar refractivity (Wildman–Crippen MR) is 110 cm³/mol. The minimum atomic E-state index is -3.56. The van der Waals surface area contributed by atoms with E-state index >= 15 is 0 Å². The second-order valence-corrected chi connectivity index (χ2v) is 8.79. The van der Waals surface area contributed by atoms with Crippen molar-refractivity contribution >= 4 is 37.5 Å². The Morgan fingerprint density at radius 1 is 1.19 bits per heavy atom. The van der Waals surface area contributed by atoms with E-state index in [2.05, 4.69) is 26.0 Å². The van der Waals surface area contributed by atoms with Gasteiger partial charge in [-0.25, -0.2) is 13.1 Å². The molecule has 0 aliphatic carbocycles. The average molecular weight is 455 g/mol. The van der Waals surface area contributed by atoms with E-state index in [4.69, 9.17) is 4.74 Å². The molecule has 1 unspecified atom stereocenters. The van der Waals surface area contributed by atoms with Crippen molar-refractivity contribution in [1.82, 2.24) is 4.72 Å². The summed E-state index contributed by atoms with van der Waals surface area (Å²) in [6.45, 7) is 5.52. The Balaban J connectivity index is 1.94. The third-order valence-corrected chi connectivity index (χ3v) is 6.09. The number of sulfonamides is 1. The Bertz CT molecular complexity index is 898. The Labute approximate surface area is 168 Å². The summed E-state index contributed by atoms with van der Waals surface area (Å²) in [5, 5.41) is 2.68. The predicted octanol–water partition coefficient (Wildman–Crippen LogP) is 3.85. The first-order chi connectivity index (χ1) is 12.7. The van der Waals surface area contributed by atoms with Gasteiger partial charge in [-0.1, -0.05) is 13.0 Å². The number of anilines is 1. The van der Waals surface area contributed by atoms with Gasteiger partial charge in [-0.3, -0.25) is 4.79 Å². The molecule has 146 valence electrons. The Morgan fingerprint density at radius 3 is 2.44 bits per heavy atom. The lowest BCUT2D eigenvalue weighted by atomic mass is 10.2. The highest BCUT2D eigenvalue weighted by molar-refractivity contribution is 9.10. The van der Waals surface area contributed by atoms with E-state index in [0.29, 0.717) is 17.9 Å². The molecular formula is C19H23BrN2O4S. The van der Waals surface area contributed by atoms with Gasteiger partial charge >= 0.3 is 0 Å². The van der Waals surface area contributed by atoms with Crippen LogP contribution in [0.15, 0.2) is 51.8 Å². The lowest BCUT2D eigenvalue weighted by Gasteiger charge is -2.13. The number of aryl methyl sites for hydroxylation is 1. The van der Waals surface area contributed by atoms with Gasteiger partial charge in [0.05, 0.1) is 9.37 Å². The molecule has 0 saturated heterocycles. The summed E-state index contributed by atoms with van der Waals surface area (Å²) in [7, 11) is -3.56. The number of halogens is 1. The number of benzene rings is 2. The second-order valence-electron chi connectivity index (χ2n) is 6.23. The monoisotopic (exact) mass is 454 g/mol. The largest absolute Gasteiger partial charge is 0.483 e. The molecule has 0 aromatic heterocycles. The van der Waals surface area contributed by atoms with E-state index in [1.807, 2.05) is 26.0 Å². The molecule has 2 N–H and O–H groups in total. The highest BCUT2D eigenvalue weighted by atomic mass is 79.9. The van der Waals surface area contributed by atoms with Crippen molar-refractivity contribution in [3.63, 3.8) is 0 Å². The highest BCUT2D eigenvalue weighted by Crippen LogP contribution is 2.25. The van der Waals surface area contributed by atoms with E-state index in [9.17, 15) is 13.2 Å². The molecule has 0 spiro atoms. The number of rotatable bonds is 8. The first-order valence-corrected chi connectivity index (χ1v) is 10.8. The molecule has 0 heterocycles. The lowest BCUT2D eigenvalue weighted by molar-refractivity contribution is -0.118. The molecule has 2 aromatic carbocycles. The zero-order valence-corrected chi connectivity index (χ0v) is 17.9. The zero-order valence-electron chi connectivity index (χ0n) is 15.5. The molecule has 0 bridgehead atoms. The molecule has 0 aliphatic rings. The van der Waals surface area contributed by atoms with Gasteiger partial charge in [0.2, 0.25) is 10.0 Å². The summed E-state index contributed by atoms with van der Waals surface area (Å²) in [5.41, 5.74) is 1.57. The fourth-order valence-corrected chi connectivity index (χ4v) is 4.13. The van der Waals surface area contributed by atoms with Crippen LogP contribution in [0.1, 0.15) is 25.8 Å². The van der Waals surface area contributed by atoms with Crippen molar-refractivity contribution < 1.29 is 17.9 Å². The maximum Gasteiger partial charge on any atom is 0.262 e. The molecule has 6 nitrogen and oxygen atoms in total. The van der Waals surface area contributed by atoms with Crippen molar-refractivity contribution in [2.45, 2.75) is 38.1 Å². The van der Waals surface area contributed by atoms with Gasteiger partial charge in [-0.15, -0.1) is 0 Å². The van der Waals surface area contributed by atoms with Gasteiger partial charge in [-0.2, -0.15) is 0 Å². The highest BCUT2D eigenvalue weighted by Gasteiger charge is 2.16. The minimum Gasteiger partial charge on any atom is -0.483 e. The zero-order chi connectivity index (χ0) is 20.0. The molecule has 0 fully saturated rings. The van der Waals surface area contributed by atoms with Crippen LogP contribution in [-0.2, 0) is 14.8 Å². The minimum absolute atomic E-state index is 0.146. The van der Waals surface area contributed by atoms with E-state index < -0.39 is 10.0 Å². The summed E-state index contributed by atoms with van der Waals surface area (Å²) in [6, 6.07) is 11.4. The molecule has 8 heteroatoms. The Hall–Kier alpha value is -1.90. The molecule has 27 heavy (non-hydrogen) atoms. The van der Waals surface area contributed by atoms with Gasteiger partial charge in [0, 0.05) is 11.7 Å². The van der Waals surface area contributed by atoms with Gasteiger partial charge in [0.15, 0.2) is 6.61 Å². The van der Waals surface area contributed by atoms with Crippen LogP contribution in [0.3, 0.4) is 0 Å². The molecule has 0 saturated carbocycles. The number of hydrogen-bond acceptors (Lipinski definition) is 4. The molecule has 1 atom stereocenters. The molecular weight excluding hydrogens is 432 g/mol. The number of carbonyl (C=O) groups is 1. The quantitative estimate of drug-likeness (QED) is 0.634. The fourth-order valence-electron chi connectivity index (χ4n) is 2.20. The number of carbonyl (C=O) groups excluding carboxylic acids is 1. The molecule has 2 aromatic rings. The van der Waals surface area contributed by atoms with Crippen molar-refractivity contribution in [2.24, 2.45) is 0 Å². The normalized spacial score (nSPS) is 12.4. The van der Waals surface area contributed by atoms with Gasteiger partial charge in [0.1, 0.15) is 5.75 Å². The smallest absolute Gasteiger partial charge is 0.262 e. The number of amides is 1. The lowest BCUT2D eigenvalue weighted by Crippen LogP contribution is -2.31. The van der Waals surface area contributed by atoms with Crippen molar-refractivity contribution in [3.8, 4) is 5.75 Å². The van der Waals surface area contributed by atoms with Crippen molar-refractivity contribution in [1.29, 1.82) is 0 Å². The number of ether oxygens (including phenoxy) is 1.